The van der Waals surface area contributed by atoms with E-state index in [0.29, 0.717) is 6.54 Å². The molecule has 0 aromatic rings. The summed E-state index contributed by atoms with van der Waals surface area (Å²) in [7, 11) is 1.60. The molecule has 4 N–H and O–H groups in total. The maximum absolute atomic E-state index is 10.3. The van der Waals surface area contributed by atoms with E-state index in [4.69, 9.17) is 15.9 Å². The van der Waals surface area contributed by atoms with Gasteiger partial charge >= 0.3 is 11.9 Å². The van der Waals surface area contributed by atoms with Crippen LogP contribution in [0.2, 0.25) is 0 Å². The minimum absolute atomic E-state index is 0.105. The molecular formula is C7H14N2O4. The number of nitrogens with zero attached hydrogens (tertiary/aromatic N) is 1. The first-order chi connectivity index (χ1) is 5.93. The lowest BCUT2D eigenvalue weighted by molar-refractivity contribution is -0.138. The van der Waals surface area contributed by atoms with Crippen molar-refractivity contribution in [2.75, 3.05) is 20.1 Å². The van der Waals surface area contributed by atoms with Gasteiger partial charge in [0, 0.05) is 6.54 Å². The van der Waals surface area contributed by atoms with Crippen molar-refractivity contribution in [1.82, 2.24) is 4.90 Å². The number of nitrogens with two attached hydrogens (primary N) is 1. The largest absolute Gasteiger partial charge is 0.480 e. The molecule has 0 aromatic carbocycles. The van der Waals surface area contributed by atoms with Gasteiger partial charge in [-0.3, -0.25) is 14.5 Å². The van der Waals surface area contributed by atoms with Gasteiger partial charge in [0.25, 0.3) is 0 Å². The fraction of sp³-hybridized carbons (Fsp3) is 0.714. The second-order valence-corrected chi connectivity index (χ2v) is 2.86. The highest BCUT2D eigenvalue weighted by molar-refractivity contribution is 5.73. The molecule has 0 saturated carbocycles. The van der Waals surface area contributed by atoms with Crippen molar-refractivity contribution >= 4 is 11.9 Å². The average Bonchev–Trinajstić information content (AvgIpc) is 1.98. The van der Waals surface area contributed by atoms with Crippen LogP contribution in [-0.2, 0) is 9.59 Å². The van der Waals surface area contributed by atoms with Gasteiger partial charge in [-0.25, -0.2) is 0 Å². The van der Waals surface area contributed by atoms with Crippen LogP contribution in [0.4, 0.5) is 0 Å². The third kappa shape index (κ3) is 6.06. The molecule has 0 bridgehead atoms. The minimum Gasteiger partial charge on any atom is -0.480 e. The van der Waals surface area contributed by atoms with Gasteiger partial charge in [-0.15, -0.1) is 0 Å². The third-order valence-electron chi connectivity index (χ3n) is 1.54. The molecule has 0 heterocycles. The van der Waals surface area contributed by atoms with Gasteiger partial charge in [-0.2, -0.15) is 0 Å². The Bertz CT molecular complexity index is 195. The number of carboxylic acids is 2. The number of hydrogen-bond donors (Lipinski definition) is 3. The quantitative estimate of drug-likeness (QED) is 0.486. The standard InChI is InChI=1S/C7H14N2O4/c1-9(4-6(10)11)3-2-5(8)7(12)13/h5H,2-4,8H2,1H3,(H,10,11)(H,12,13). The Labute approximate surface area is 75.9 Å². The van der Waals surface area contributed by atoms with Crippen molar-refractivity contribution in [2.45, 2.75) is 12.5 Å². The lowest BCUT2D eigenvalue weighted by Gasteiger charge is -2.14. The van der Waals surface area contributed by atoms with Crippen LogP contribution in [0.5, 0.6) is 0 Å². The van der Waals surface area contributed by atoms with E-state index in [1.807, 2.05) is 0 Å². The first-order valence-corrected chi connectivity index (χ1v) is 3.82. The topological polar surface area (TPSA) is 104 Å². The maximum Gasteiger partial charge on any atom is 0.320 e. The predicted molar refractivity (Wildman–Crippen MR) is 45.4 cm³/mol. The zero-order valence-corrected chi connectivity index (χ0v) is 7.43. The summed E-state index contributed by atoms with van der Waals surface area (Å²) in [6.45, 7) is 0.256. The van der Waals surface area contributed by atoms with E-state index in [9.17, 15) is 9.59 Å². The van der Waals surface area contributed by atoms with Gasteiger partial charge < -0.3 is 15.9 Å². The van der Waals surface area contributed by atoms with Crippen LogP contribution < -0.4 is 5.73 Å². The van der Waals surface area contributed by atoms with Gasteiger partial charge in [-0.1, -0.05) is 0 Å². The van der Waals surface area contributed by atoms with Crippen LogP contribution in [0.1, 0.15) is 6.42 Å². The van der Waals surface area contributed by atoms with E-state index in [1.165, 1.54) is 4.90 Å². The van der Waals surface area contributed by atoms with Crippen LogP contribution in [0.25, 0.3) is 0 Å². The van der Waals surface area contributed by atoms with Crippen molar-refractivity contribution in [1.29, 1.82) is 0 Å². The summed E-state index contributed by atoms with van der Waals surface area (Å²) in [6, 6.07) is -0.920. The molecule has 0 saturated heterocycles. The number of hydrogen-bond acceptors (Lipinski definition) is 4. The fourth-order valence-corrected chi connectivity index (χ4v) is 0.793. The average molecular weight is 190 g/mol. The zero-order valence-electron chi connectivity index (χ0n) is 7.43. The molecule has 0 amide bonds. The Morgan fingerprint density at radius 3 is 2.38 bits per heavy atom. The SMILES string of the molecule is CN(CCC(N)C(=O)O)CC(=O)O. The summed E-state index contributed by atoms with van der Waals surface area (Å²) in [4.78, 5) is 22.0. The number of carbonyl (C=O) groups is 2. The summed E-state index contributed by atoms with van der Waals surface area (Å²) in [5.74, 6) is -2.00. The molecule has 13 heavy (non-hydrogen) atoms. The van der Waals surface area contributed by atoms with Gasteiger partial charge in [0.15, 0.2) is 0 Å². The van der Waals surface area contributed by atoms with E-state index in [-0.39, 0.29) is 13.0 Å². The third-order valence-corrected chi connectivity index (χ3v) is 1.54. The first kappa shape index (κ1) is 11.9. The van der Waals surface area contributed by atoms with Crippen molar-refractivity contribution in [2.24, 2.45) is 5.73 Å². The van der Waals surface area contributed by atoms with Gasteiger partial charge in [-0.05, 0) is 13.5 Å². The second-order valence-electron chi connectivity index (χ2n) is 2.86. The van der Waals surface area contributed by atoms with Crippen molar-refractivity contribution in [3.8, 4) is 0 Å². The Morgan fingerprint density at radius 1 is 1.46 bits per heavy atom. The smallest absolute Gasteiger partial charge is 0.320 e. The second kappa shape index (κ2) is 5.50. The lowest BCUT2D eigenvalue weighted by Crippen LogP contribution is -2.35. The van der Waals surface area contributed by atoms with Gasteiger partial charge in [0.1, 0.15) is 6.04 Å². The van der Waals surface area contributed by atoms with Crippen LogP contribution in [0, 0.1) is 0 Å². The predicted octanol–water partition coefficient (Wildman–Crippen LogP) is -1.20. The summed E-state index contributed by atoms with van der Waals surface area (Å²) in [5, 5.41) is 16.8. The summed E-state index contributed by atoms with van der Waals surface area (Å²) in [5.41, 5.74) is 5.22. The van der Waals surface area contributed by atoms with Gasteiger partial charge in [0.05, 0.1) is 6.54 Å². The molecular weight excluding hydrogens is 176 g/mol. The first-order valence-electron chi connectivity index (χ1n) is 3.82. The van der Waals surface area contributed by atoms with Crippen LogP contribution in [0.3, 0.4) is 0 Å². The summed E-state index contributed by atoms with van der Waals surface area (Å²) >= 11 is 0. The molecule has 0 fully saturated rings. The maximum atomic E-state index is 10.3. The highest BCUT2D eigenvalue weighted by Crippen LogP contribution is 1.92. The normalized spacial score (nSPS) is 12.8. The van der Waals surface area contributed by atoms with Crippen molar-refractivity contribution in [3.05, 3.63) is 0 Å². The molecule has 1 unspecified atom stereocenters. The number of likely N-dealkylation sites (N-methyl/N-ethyl adjacent to an activating group) is 1. The van der Waals surface area contributed by atoms with Crippen LogP contribution >= 0.6 is 0 Å². The Kier molecular flexibility index (Phi) is 5.01. The van der Waals surface area contributed by atoms with E-state index >= 15 is 0 Å². The monoisotopic (exact) mass is 190 g/mol. The van der Waals surface area contributed by atoms with E-state index < -0.39 is 18.0 Å². The molecule has 0 aromatic heterocycles. The lowest BCUT2D eigenvalue weighted by atomic mass is 10.2. The molecule has 76 valence electrons. The van der Waals surface area contributed by atoms with E-state index in [1.54, 1.807) is 7.05 Å². The molecule has 0 aliphatic rings. The van der Waals surface area contributed by atoms with E-state index in [0.717, 1.165) is 0 Å². The number of aliphatic carboxylic acids is 2. The fourth-order valence-electron chi connectivity index (χ4n) is 0.793. The Balaban J connectivity index is 3.63. The molecule has 1 atom stereocenters. The Hall–Kier alpha value is -1.14. The van der Waals surface area contributed by atoms with E-state index in [2.05, 4.69) is 0 Å². The molecule has 6 heteroatoms. The summed E-state index contributed by atoms with van der Waals surface area (Å²) in [6.07, 6.45) is 0.249. The highest BCUT2D eigenvalue weighted by Gasteiger charge is 2.12. The molecule has 0 aliphatic heterocycles. The molecule has 0 spiro atoms. The molecule has 0 aliphatic carbocycles. The minimum atomic E-state index is -1.07. The summed E-state index contributed by atoms with van der Waals surface area (Å²) < 4.78 is 0. The molecule has 0 rings (SSSR count). The highest BCUT2D eigenvalue weighted by atomic mass is 16.4. The van der Waals surface area contributed by atoms with Crippen LogP contribution in [-0.4, -0.2) is 53.2 Å². The molecule has 0 radical (unpaired) electrons. The number of carboxylic acid groups (broad SMARTS) is 2. The van der Waals surface area contributed by atoms with Gasteiger partial charge in [0.2, 0.25) is 0 Å². The Morgan fingerprint density at radius 2 is 2.00 bits per heavy atom. The van der Waals surface area contributed by atoms with Crippen LogP contribution in [0.15, 0.2) is 0 Å². The molecule has 6 nitrogen and oxygen atoms in total. The van der Waals surface area contributed by atoms with Crippen molar-refractivity contribution in [3.63, 3.8) is 0 Å². The number of rotatable bonds is 6. The zero-order chi connectivity index (χ0) is 10.4. The van der Waals surface area contributed by atoms with Crippen molar-refractivity contribution < 1.29 is 19.8 Å².